The van der Waals surface area contributed by atoms with Crippen LogP contribution in [0.1, 0.15) is 32.6 Å². The molecule has 2 rings (SSSR count). The van der Waals surface area contributed by atoms with E-state index in [1.807, 2.05) is 0 Å². The molecule has 1 aromatic rings. The summed E-state index contributed by atoms with van der Waals surface area (Å²) < 4.78 is 22.2. The molecule has 0 saturated carbocycles. The van der Waals surface area contributed by atoms with Gasteiger partial charge in [0.15, 0.2) is 12.3 Å². The third kappa shape index (κ3) is 5.71. The van der Waals surface area contributed by atoms with Crippen molar-refractivity contribution in [3.63, 3.8) is 0 Å². The molecule has 1 fully saturated rings. The summed E-state index contributed by atoms with van der Waals surface area (Å²) in [5.41, 5.74) is 7.67. The van der Waals surface area contributed by atoms with Crippen molar-refractivity contribution in [1.29, 1.82) is 0 Å². The minimum atomic E-state index is -1.42. The summed E-state index contributed by atoms with van der Waals surface area (Å²) in [5, 5.41) is 3.59. The van der Waals surface area contributed by atoms with Gasteiger partial charge in [0.2, 0.25) is 0 Å². The maximum Gasteiger partial charge on any atom is 0.330 e. The molecule has 0 amide bonds. The van der Waals surface area contributed by atoms with E-state index in [1.54, 1.807) is 0 Å². The van der Waals surface area contributed by atoms with Crippen LogP contribution in [-0.4, -0.2) is 58.4 Å². The number of hydrogen-bond donors (Lipinski definition) is 1. The van der Waals surface area contributed by atoms with Gasteiger partial charge < -0.3 is 18.9 Å². The molecule has 1 saturated heterocycles. The smallest absolute Gasteiger partial charge is 0.330 e. The van der Waals surface area contributed by atoms with Crippen molar-refractivity contribution >= 4 is 17.9 Å². The van der Waals surface area contributed by atoms with Crippen molar-refractivity contribution in [2.75, 3.05) is 6.61 Å². The quantitative estimate of drug-likeness (QED) is 0.206. The molecule has 0 bridgehead atoms. The largest absolute Gasteiger partial charge is 0.463 e. The average Bonchev–Trinajstić information content (AvgIpc) is 2.66. The lowest BCUT2D eigenvalue weighted by molar-refractivity contribution is -0.235. The van der Waals surface area contributed by atoms with Crippen LogP contribution in [0.4, 0.5) is 0 Å². The molecule has 1 aliphatic heterocycles. The highest BCUT2D eigenvalue weighted by atomic mass is 16.6. The second-order valence-corrected chi connectivity index (χ2v) is 6.69. The molecule has 1 N–H and O–H groups in total. The molecule has 2 heterocycles. The molecule has 31 heavy (non-hydrogen) atoms. The van der Waals surface area contributed by atoms with Gasteiger partial charge in [-0.25, -0.2) is 4.79 Å². The van der Waals surface area contributed by atoms with Crippen LogP contribution >= 0.6 is 0 Å². The SMILES string of the molecule is CC(=O)OC[C@H]1O[C@@H](n2cc(C)c(=O)[nH]c2=O)[C@@H](OC(C)=O)[C@H](N=[N+]=[N-])[C@@H]1OC(C)=O. The lowest BCUT2D eigenvalue weighted by Gasteiger charge is -2.43. The minimum absolute atomic E-state index is 0.142. The third-order valence-corrected chi connectivity index (χ3v) is 4.29. The number of H-pyrrole nitrogens is 1. The number of rotatable bonds is 6. The molecule has 5 atom stereocenters. The fourth-order valence-corrected chi connectivity index (χ4v) is 3.09. The van der Waals surface area contributed by atoms with E-state index in [-0.39, 0.29) is 5.56 Å². The highest BCUT2D eigenvalue weighted by Crippen LogP contribution is 2.34. The molecule has 0 aromatic carbocycles. The van der Waals surface area contributed by atoms with E-state index in [0.717, 1.165) is 25.3 Å². The predicted octanol–water partition coefficient (Wildman–Crippen LogP) is -0.152. The second-order valence-electron chi connectivity index (χ2n) is 6.69. The zero-order valence-corrected chi connectivity index (χ0v) is 17.1. The predicted molar refractivity (Wildman–Crippen MR) is 101 cm³/mol. The standard InChI is InChI=1S/C17H21N5O9/c1-7-5-22(17(27)19-15(7)26)16-14(30-10(4)25)12(20-21-18)13(29-9(3)24)11(31-16)6-28-8(2)23/h5,11-14,16H,6H2,1-4H3,(H,19,26,27)/t11-,12-,13-,14+,16-/m1/s1. The van der Waals surface area contributed by atoms with E-state index in [9.17, 15) is 24.0 Å². The Kier molecular flexibility index (Phi) is 7.56. The van der Waals surface area contributed by atoms with Crippen molar-refractivity contribution in [3.8, 4) is 0 Å². The fraction of sp³-hybridized carbons (Fsp3) is 0.588. The van der Waals surface area contributed by atoms with Gasteiger partial charge in [0.25, 0.3) is 5.56 Å². The monoisotopic (exact) mass is 439 g/mol. The molecular weight excluding hydrogens is 418 g/mol. The molecule has 0 unspecified atom stereocenters. The van der Waals surface area contributed by atoms with E-state index in [4.69, 9.17) is 24.5 Å². The second kappa shape index (κ2) is 9.91. The summed E-state index contributed by atoms with van der Waals surface area (Å²) in [6, 6.07) is -1.35. The van der Waals surface area contributed by atoms with Gasteiger partial charge in [-0.15, -0.1) is 0 Å². The first-order valence-electron chi connectivity index (χ1n) is 9.04. The van der Waals surface area contributed by atoms with Gasteiger partial charge in [0, 0.05) is 37.4 Å². The molecule has 0 radical (unpaired) electrons. The summed E-state index contributed by atoms with van der Waals surface area (Å²) in [7, 11) is 0. The molecular formula is C17H21N5O9. The third-order valence-electron chi connectivity index (χ3n) is 4.29. The number of aryl methyl sites for hydroxylation is 1. The highest BCUT2D eigenvalue weighted by molar-refractivity contribution is 5.67. The fourth-order valence-electron chi connectivity index (χ4n) is 3.09. The summed E-state index contributed by atoms with van der Waals surface area (Å²) in [6.07, 6.45) is -4.17. The van der Waals surface area contributed by atoms with Crippen LogP contribution in [0.2, 0.25) is 0 Å². The average molecular weight is 439 g/mol. The van der Waals surface area contributed by atoms with Crippen LogP contribution in [0.15, 0.2) is 20.9 Å². The Morgan fingerprint density at radius 2 is 1.77 bits per heavy atom. The first-order valence-corrected chi connectivity index (χ1v) is 9.04. The number of azide groups is 1. The Hall–Kier alpha value is -3.64. The van der Waals surface area contributed by atoms with Gasteiger partial charge in [-0.1, -0.05) is 5.11 Å². The van der Waals surface area contributed by atoms with Gasteiger partial charge >= 0.3 is 23.6 Å². The van der Waals surface area contributed by atoms with Crippen LogP contribution in [0.25, 0.3) is 10.4 Å². The van der Waals surface area contributed by atoms with Crippen molar-refractivity contribution in [2.24, 2.45) is 5.11 Å². The van der Waals surface area contributed by atoms with E-state index in [2.05, 4.69) is 15.0 Å². The maximum atomic E-state index is 12.4. The first kappa shape index (κ1) is 23.6. The van der Waals surface area contributed by atoms with Crippen molar-refractivity contribution in [1.82, 2.24) is 9.55 Å². The Labute approximate surface area is 174 Å². The van der Waals surface area contributed by atoms with Crippen molar-refractivity contribution in [3.05, 3.63) is 43.0 Å². The Morgan fingerprint density at radius 3 is 2.32 bits per heavy atom. The topological polar surface area (TPSA) is 192 Å². The number of nitrogens with zero attached hydrogens (tertiary/aromatic N) is 4. The summed E-state index contributed by atoms with van der Waals surface area (Å²) >= 11 is 0. The lowest BCUT2D eigenvalue weighted by Crippen LogP contribution is -2.59. The van der Waals surface area contributed by atoms with Crippen molar-refractivity contribution < 1.29 is 33.3 Å². The Bertz CT molecular complexity index is 1030. The number of aromatic amines is 1. The van der Waals surface area contributed by atoms with Crippen LogP contribution in [0.5, 0.6) is 0 Å². The van der Waals surface area contributed by atoms with E-state index in [0.29, 0.717) is 0 Å². The zero-order chi connectivity index (χ0) is 23.3. The highest BCUT2D eigenvalue weighted by Gasteiger charge is 2.50. The normalized spacial score (nSPS) is 25.1. The molecule has 1 aromatic heterocycles. The first-order chi connectivity index (χ1) is 14.5. The number of aromatic nitrogens is 2. The number of carbonyl (C=O) groups excluding carboxylic acids is 3. The summed E-state index contributed by atoms with van der Waals surface area (Å²) in [4.78, 5) is 63.6. The zero-order valence-electron chi connectivity index (χ0n) is 17.1. The number of ether oxygens (including phenoxy) is 4. The van der Waals surface area contributed by atoms with Crippen molar-refractivity contribution in [2.45, 2.75) is 58.3 Å². The molecule has 168 valence electrons. The Balaban J connectivity index is 2.64. The number of hydrogen-bond acceptors (Lipinski definition) is 10. The van der Waals surface area contributed by atoms with Gasteiger partial charge in [-0.3, -0.25) is 28.7 Å². The van der Waals surface area contributed by atoms with Crippen LogP contribution in [0, 0.1) is 6.92 Å². The molecule has 0 aliphatic carbocycles. The molecule has 0 spiro atoms. The molecule has 14 heteroatoms. The number of carbonyl (C=O) groups is 3. The van der Waals surface area contributed by atoms with E-state index >= 15 is 0 Å². The van der Waals surface area contributed by atoms with Gasteiger partial charge in [0.1, 0.15) is 24.9 Å². The van der Waals surface area contributed by atoms with E-state index in [1.165, 1.54) is 13.1 Å². The van der Waals surface area contributed by atoms with Gasteiger partial charge in [0.05, 0.1) is 0 Å². The molecule has 14 nitrogen and oxygen atoms in total. The summed E-state index contributed by atoms with van der Waals surface area (Å²) in [5.74, 6) is -2.23. The summed E-state index contributed by atoms with van der Waals surface area (Å²) in [6.45, 7) is 4.33. The van der Waals surface area contributed by atoms with Gasteiger partial charge in [-0.05, 0) is 12.5 Å². The van der Waals surface area contributed by atoms with Crippen LogP contribution in [0.3, 0.4) is 0 Å². The van der Waals surface area contributed by atoms with Gasteiger partial charge in [-0.2, -0.15) is 0 Å². The van der Waals surface area contributed by atoms with Crippen LogP contribution < -0.4 is 11.2 Å². The lowest BCUT2D eigenvalue weighted by atomic mass is 9.95. The molecule has 1 aliphatic rings. The number of nitrogens with one attached hydrogen (secondary N) is 1. The van der Waals surface area contributed by atoms with Crippen LogP contribution in [-0.2, 0) is 33.3 Å². The Morgan fingerprint density at radius 1 is 1.16 bits per heavy atom. The minimum Gasteiger partial charge on any atom is -0.463 e. The number of esters is 3. The maximum absolute atomic E-state index is 12.4. The van der Waals surface area contributed by atoms with E-state index < -0.39 is 66.3 Å².